The lowest BCUT2D eigenvalue weighted by Gasteiger charge is -2.12. The second-order valence-electron chi connectivity index (χ2n) is 13.9. The molecule has 0 radical (unpaired) electrons. The third-order valence-corrected chi connectivity index (χ3v) is 10.7. The van der Waals surface area contributed by atoms with E-state index in [1.54, 1.807) is 0 Å². The second-order valence-corrected chi connectivity index (χ2v) is 13.9. The Bertz CT molecular complexity index is 3370. The number of nitrogens with zero attached hydrogens (tertiary/aromatic N) is 3. The van der Waals surface area contributed by atoms with E-state index in [1.165, 1.54) is 0 Å². The van der Waals surface area contributed by atoms with Crippen LogP contribution in [0.2, 0.25) is 0 Å². The van der Waals surface area contributed by atoms with E-state index in [0.29, 0.717) is 17.5 Å². The highest BCUT2D eigenvalue weighted by Gasteiger charge is 2.22. The summed E-state index contributed by atoms with van der Waals surface area (Å²) < 4.78 is 19.3. The summed E-state index contributed by atoms with van der Waals surface area (Å²) in [6.45, 7) is 0. The molecule has 6 nitrogen and oxygen atoms in total. The maximum Gasteiger partial charge on any atom is 0.164 e. The van der Waals surface area contributed by atoms with Crippen LogP contribution in [0.3, 0.4) is 0 Å². The number of hydrogen-bond acceptors (Lipinski definition) is 6. The lowest BCUT2D eigenvalue weighted by atomic mass is 9.96. The Morgan fingerprint density at radius 1 is 0.291 bits per heavy atom. The minimum absolute atomic E-state index is 0.527. The summed E-state index contributed by atoms with van der Waals surface area (Å²) in [7, 11) is 0. The number of hydrogen-bond donors (Lipinski definition) is 0. The Labute approximate surface area is 312 Å². The minimum atomic E-state index is 0.527. The molecule has 0 aliphatic rings. The first-order chi connectivity index (χ1) is 27.2. The number of rotatable bonds is 4. The van der Waals surface area contributed by atoms with Crippen LogP contribution in [0.25, 0.3) is 122 Å². The van der Waals surface area contributed by atoms with Crippen LogP contribution in [0, 0.1) is 0 Å². The van der Waals surface area contributed by atoms with E-state index in [0.717, 1.165) is 104 Å². The molecule has 0 unspecified atom stereocenters. The summed E-state index contributed by atoms with van der Waals surface area (Å²) >= 11 is 0. The number of aromatic nitrogens is 3. The van der Waals surface area contributed by atoms with Crippen molar-refractivity contribution < 1.29 is 13.3 Å². The summed E-state index contributed by atoms with van der Waals surface area (Å²) in [6.07, 6.45) is 0. The smallest absolute Gasteiger partial charge is 0.164 e. The van der Waals surface area contributed by atoms with Gasteiger partial charge in [-0.05, 0) is 70.4 Å². The van der Waals surface area contributed by atoms with Gasteiger partial charge in [-0.15, -0.1) is 0 Å². The zero-order chi connectivity index (χ0) is 36.0. The van der Waals surface area contributed by atoms with Crippen LogP contribution in [0.5, 0.6) is 0 Å². The van der Waals surface area contributed by atoms with Crippen molar-refractivity contribution in [2.45, 2.75) is 0 Å². The number of para-hydroxylation sites is 2. The van der Waals surface area contributed by atoms with Crippen LogP contribution in [-0.4, -0.2) is 15.0 Å². The Hall–Kier alpha value is -7.57. The highest BCUT2D eigenvalue weighted by atomic mass is 16.3. The predicted octanol–water partition coefficient (Wildman–Crippen LogP) is 13.4. The zero-order valence-corrected chi connectivity index (χ0v) is 29.2. The topological polar surface area (TPSA) is 78.1 Å². The fourth-order valence-corrected chi connectivity index (χ4v) is 8.23. The fourth-order valence-electron chi connectivity index (χ4n) is 8.23. The fraction of sp³-hybridized carbons (Fsp3) is 0. The Kier molecular flexibility index (Phi) is 6.24. The zero-order valence-electron chi connectivity index (χ0n) is 29.2. The third-order valence-electron chi connectivity index (χ3n) is 10.7. The molecule has 55 heavy (non-hydrogen) atoms. The monoisotopic (exact) mass is 705 g/mol. The van der Waals surface area contributed by atoms with E-state index in [-0.39, 0.29) is 0 Å². The van der Waals surface area contributed by atoms with E-state index >= 15 is 0 Å². The van der Waals surface area contributed by atoms with E-state index < -0.39 is 0 Å². The SMILES string of the molecule is c1ccc(-c2cc(-c3nc(-c4cccc5oc6ccccc6c45)nc(-c4cccc5oc6ccccc6c45)n3)cc3oc4cc5ccccc5cc4c23)cc1. The molecule has 6 heteroatoms. The van der Waals surface area contributed by atoms with Gasteiger partial charge in [0.15, 0.2) is 17.5 Å². The van der Waals surface area contributed by atoms with Crippen LogP contribution >= 0.6 is 0 Å². The van der Waals surface area contributed by atoms with Crippen LogP contribution in [-0.2, 0) is 0 Å². The number of benzene rings is 8. The minimum Gasteiger partial charge on any atom is -0.456 e. The van der Waals surface area contributed by atoms with Crippen molar-refractivity contribution in [1.29, 1.82) is 0 Å². The molecule has 0 aliphatic heterocycles. The van der Waals surface area contributed by atoms with Gasteiger partial charge >= 0.3 is 0 Å². The van der Waals surface area contributed by atoms with Gasteiger partial charge in [0.2, 0.25) is 0 Å². The van der Waals surface area contributed by atoms with E-state index in [9.17, 15) is 0 Å². The van der Waals surface area contributed by atoms with Gasteiger partial charge in [0, 0.05) is 49.0 Å². The van der Waals surface area contributed by atoms with Crippen molar-refractivity contribution in [3.63, 3.8) is 0 Å². The highest BCUT2D eigenvalue weighted by molar-refractivity contribution is 6.17. The molecule has 4 heterocycles. The average molecular weight is 706 g/mol. The average Bonchev–Trinajstić information content (AvgIpc) is 3.93. The molecule has 0 bridgehead atoms. The van der Waals surface area contributed by atoms with Gasteiger partial charge in [0.1, 0.15) is 33.5 Å². The van der Waals surface area contributed by atoms with Crippen molar-refractivity contribution in [2.75, 3.05) is 0 Å². The first kappa shape index (κ1) is 29.9. The molecule has 12 rings (SSSR count). The molecular formula is C49H27N3O3. The Morgan fingerprint density at radius 3 is 1.45 bits per heavy atom. The molecule has 0 fully saturated rings. The second kappa shape index (κ2) is 11.5. The van der Waals surface area contributed by atoms with Gasteiger partial charge < -0.3 is 13.3 Å². The summed E-state index contributed by atoms with van der Waals surface area (Å²) in [5.41, 5.74) is 9.39. The van der Waals surface area contributed by atoms with E-state index in [2.05, 4.69) is 97.1 Å². The van der Waals surface area contributed by atoms with Crippen molar-refractivity contribution in [1.82, 2.24) is 15.0 Å². The van der Waals surface area contributed by atoms with Crippen molar-refractivity contribution in [3.05, 3.63) is 164 Å². The number of fused-ring (bicyclic) bond motifs is 10. The van der Waals surface area contributed by atoms with Crippen molar-refractivity contribution >= 4 is 76.6 Å². The highest BCUT2D eigenvalue weighted by Crippen LogP contribution is 2.43. The summed E-state index contributed by atoms with van der Waals surface area (Å²) in [4.78, 5) is 15.8. The van der Waals surface area contributed by atoms with E-state index in [4.69, 9.17) is 28.2 Å². The molecular weight excluding hydrogens is 679 g/mol. The van der Waals surface area contributed by atoms with Crippen LogP contribution in [0.1, 0.15) is 0 Å². The first-order valence-corrected chi connectivity index (χ1v) is 18.3. The van der Waals surface area contributed by atoms with Gasteiger partial charge in [0.05, 0.1) is 0 Å². The molecule has 0 N–H and O–H groups in total. The van der Waals surface area contributed by atoms with Crippen molar-refractivity contribution in [3.8, 4) is 45.3 Å². The lowest BCUT2D eigenvalue weighted by molar-refractivity contribution is 0.668. The van der Waals surface area contributed by atoms with Gasteiger partial charge in [0.25, 0.3) is 0 Å². The van der Waals surface area contributed by atoms with Gasteiger partial charge in [-0.1, -0.05) is 115 Å². The number of furan rings is 3. The molecule has 8 aromatic carbocycles. The van der Waals surface area contributed by atoms with Crippen molar-refractivity contribution in [2.24, 2.45) is 0 Å². The molecule has 0 saturated carbocycles. The van der Waals surface area contributed by atoms with Crippen LogP contribution < -0.4 is 0 Å². The molecule has 12 aromatic rings. The summed E-state index contributed by atoms with van der Waals surface area (Å²) in [5.74, 6) is 1.61. The predicted molar refractivity (Wildman–Crippen MR) is 221 cm³/mol. The van der Waals surface area contributed by atoms with Crippen LogP contribution in [0.15, 0.2) is 177 Å². The molecule has 0 amide bonds. The molecule has 0 spiro atoms. The standard InChI is InChI=1S/C49H27N3O3/c1-2-12-28(13-3-1)36-25-31(27-43-46(36)37-24-29-14-4-5-15-30(29)26-42(37)55-43)47-50-48(34-18-10-22-40-44(34)32-16-6-8-20-38(32)53-40)52-49(51-47)35-19-11-23-41-45(35)33-17-7-9-21-39(33)54-41/h1-27H. The third kappa shape index (κ3) is 4.58. The van der Waals surface area contributed by atoms with Crippen LogP contribution in [0.4, 0.5) is 0 Å². The molecule has 256 valence electrons. The lowest BCUT2D eigenvalue weighted by Crippen LogP contribution is -2.01. The normalized spacial score (nSPS) is 12.0. The molecule has 0 saturated heterocycles. The van der Waals surface area contributed by atoms with Gasteiger partial charge in [-0.2, -0.15) is 0 Å². The Balaban J connectivity index is 1.18. The summed E-state index contributed by atoms with van der Waals surface area (Å²) in [5, 5.41) is 8.32. The molecule has 0 aliphatic carbocycles. The molecule has 4 aromatic heterocycles. The maximum absolute atomic E-state index is 6.71. The quantitative estimate of drug-likeness (QED) is 0.181. The van der Waals surface area contributed by atoms with Gasteiger partial charge in [-0.3, -0.25) is 0 Å². The first-order valence-electron chi connectivity index (χ1n) is 18.3. The van der Waals surface area contributed by atoms with E-state index in [1.807, 2.05) is 66.7 Å². The Morgan fingerprint density at radius 2 is 0.800 bits per heavy atom. The molecule has 0 atom stereocenters. The van der Waals surface area contributed by atoms with Gasteiger partial charge in [-0.25, -0.2) is 15.0 Å². The summed E-state index contributed by atoms with van der Waals surface area (Å²) in [6, 6.07) is 55.7. The largest absolute Gasteiger partial charge is 0.456 e. The maximum atomic E-state index is 6.71.